The second kappa shape index (κ2) is 5.12. The predicted molar refractivity (Wildman–Crippen MR) is 59.2 cm³/mol. The fourth-order valence-corrected chi connectivity index (χ4v) is 1.41. The van der Waals surface area contributed by atoms with Gasteiger partial charge in [-0.25, -0.2) is 0 Å². The molecule has 0 saturated heterocycles. The summed E-state index contributed by atoms with van der Waals surface area (Å²) in [5.41, 5.74) is -0.887. The van der Waals surface area contributed by atoms with E-state index in [1.54, 1.807) is 12.1 Å². The quantitative estimate of drug-likeness (QED) is 0.840. The van der Waals surface area contributed by atoms with E-state index in [2.05, 4.69) is 5.10 Å². The molecule has 1 heterocycles. The standard InChI is InChI=1S/C12H11F3N2O/c13-12(14,15)11-6-7-17(16-11)8-9-18-10-4-2-1-3-5-10/h1-7H,8-9H2. The molecule has 1 aromatic heterocycles. The van der Waals surface area contributed by atoms with Crippen LogP contribution >= 0.6 is 0 Å². The zero-order valence-corrected chi connectivity index (χ0v) is 9.39. The van der Waals surface area contributed by atoms with Crippen molar-refractivity contribution in [2.75, 3.05) is 6.61 Å². The maximum absolute atomic E-state index is 12.3. The summed E-state index contributed by atoms with van der Waals surface area (Å²) in [4.78, 5) is 0. The lowest BCUT2D eigenvalue weighted by Gasteiger charge is -2.06. The average Bonchev–Trinajstić information content (AvgIpc) is 2.79. The second-order valence-corrected chi connectivity index (χ2v) is 3.62. The number of hydrogen-bond acceptors (Lipinski definition) is 2. The Labute approximate surface area is 102 Å². The first-order valence-electron chi connectivity index (χ1n) is 5.34. The third-order valence-electron chi connectivity index (χ3n) is 2.26. The number of para-hydroxylation sites is 1. The lowest BCUT2D eigenvalue weighted by molar-refractivity contribution is -0.141. The van der Waals surface area contributed by atoms with E-state index in [4.69, 9.17) is 4.74 Å². The Hall–Kier alpha value is -1.98. The van der Waals surface area contributed by atoms with Crippen LogP contribution in [0.2, 0.25) is 0 Å². The summed E-state index contributed by atoms with van der Waals surface area (Å²) in [5.74, 6) is 0.681. The highest BCUT2D eigenvalue weighted by Gasteiger charge is 2.33. The van der Waals surface area contributed by atoms with Gasteiger partial charge in [0.15, 0.2) is 5.69 Å². The Bertz CT molecular complexity index is 494. The molecule has 0 saturated carbocycles. The van der Waals surface area contributed by atoms with Crippen LogP contribution in [-0.4, -0.2) is 16.4 Å². The molecule has 0 fully saturated rings. The van der Waals surface area contributed by atoms with Gasteiger partial charge in [-0.1, -0.05) is 18.2 Å². The third-order valence-corrected chi connectivity index (χ3v) is 2.26. The van der Waals surface area contributed by atoms with E-state index in [9.17, 15) is 13.2 Å². The van der Waals surface area contributed by atoms with Gasteiger partial charge in [0, 0.05) is 6.20 Å². The minimum Gasteiger partial charge on any atom is -0.492 e. The normalized spacial score (nSPS) is 11.5. The van der Waals surface area contributed by atoms with Gasteiger partial charge in [-0.3, -0.25) is 4.68 Å². The minimum atomic E-state index is -4.40. The van der Waals surface area contributed by atoms with Crippen molar-refractivity contribution >= 4 is 0 Å². The first-order valence-corrected chi connectivity index (χ1v) is 5.34. The Morgan fingerprint density at radius 1 is 1.11 bits per heavy atom. The first-order chi connectivity index (χ1) is 8.55. The molecular weight excluding hydrogens is 245 g/mol. The Morgan fingerprint density at radius 3 is 2.44 bits per heavy atom. The predicted octanol–water partition coefficient (Wildman–Crippen LogP) is 2.98. The van der Waals surface area contributed by atoms with Crippen molar-refractivity contribution in [3.05, 3.63) is 48.3 Å². The number of nitrogens with zero attached hydrogens (tertiary/aromatic N) is 2. The van der Waals surface area contributed by atoms with E-state index < -0.39 is 11.9 Å². The van der Waals surface area contributed by atoms with Crippen molar-refractivity contribution in [3.63, 3.8) is 0 Å². The Kier molecular flexibility index (Phi) is 3.55. The number of benzene rings is 1. The molecule has 0 N–H and O–H groups in total. The van der Waals surface area contributed by atoms with Crippen LogP contribution in [0.5, 0.6) is 5.75 Å². The summed E-state index contributed by atoms with van der Waals surface area (Å²) in [6.07, 6.45) is -3.11. The SMILES string of the molecule is FC(F)(F)c1ccn(CCOc2ccccc2)n1. The molecule has 0 aliphatic rings. The lowest BCUT2D eigenvalue weighted by Crippen LogP contribution is -2.11. The number of alkyl halides is 3. The fourth-order valence-electron chi connectivity index (χ4n) is 1.41. The maximum atomic E-state index is 12.3. The molecule has 0 aliphatic carbocycles. The molecule has 18 heavy (non-hydrogen) atoms. The van der Waals surface area contributed by atoms with Crippen LogP contribution in [0.3, 0.4) is 0 Å². The molecule has 0 spiro atoms. The van der Waals surface area contributed by atoms with Crippen LogP contribution in [0, 0.1) is 0 Å². The van der Waals surface area contributed by atoms with Crippen molar-refractivity contribution in [3.8, 4) is 5.75 Å². The average molecular weight is 256 g/mol. The van der Waals surface area contributed by atoms with Crippen LogP contribution in [0.15, 0.2) is 42.6 Å². The van der Waals surface area contributed by atoms with Gasteiger partial charge < -0.3 is 4.74 Å². The van der Waals surface area contributed by atoms with Crippen molar-refractivity contribution in [2.24, 2.45) is 0 Å². The molecule has 1 aromatic carbocycles. The van der Waals surface area contributed by atoms with Crippen molar-refractivity contribution in [2.45, 2.75) is 12.7 Å². The van der Waals surface area contributed by atoms with E-state index in [1.165, 1.54) is 10.9 Å². The summed E-state index contributed by atoms with van der Waals surface area (Å²) >= 11 is 0. The van der Waals surface area contributed by atoms with Gasteiger partial charge in [0.2, 0.25) is 0 Å². The zero-order valence-electron chi connectivity index (χ0n) is 9.39. The van der Waals surface area contributed by atoms with Crippen molar-refractivity contribution in [1.82, 2.24) is 9.78 Å². The number of halogens is 3. The zero-order chi connectivity index (χ0) is 13.0. The maximum Gasteiger partial charge on any atom is 0.435 e. The number of ether oxygens (including phenoxy) is 1. The molecule has 2 rings (SSSR count). The number of aromatic nitrogens is 2. The van der Waals surface area contributed by atoms with Crippen LogP contribution in [0.4, 0.5) is 13.2 Å². The molecule has 96 valence electrons. The largest absolute Gasteiger partial charge is 0.492 e. The summed E-state index contributed by atoms with van der Waals surface area (Å²) in [6, 6.07) is 10.0. The smallest absolute Gasteiger partial charge is 0.435 e. The Morgan fingerprint density at radius 2 is 1.83 bits per heavy atom. The molecule has 2 aromatic rings. The topological polar surface area (TPSA) is 27.1 Å². The van der Waals surface area contributed by atoms with E-state index >= 15 is 0 Å². The van der Waals surface area contributed by atoms with Crippen molar-refractivity contribution < 1.29 is 17.9 Å². The second-order valence-electron chi connectivity index (χ2n) is 3.62. The van der Waals surface area contributed by atoms with Gasteiger partial charge in [0.05, 0.1) is 6.54 Å². The van der Waals surface area contributed by atoms with Gasteiger partial charge in [0.1, 0.15) is 12.4 Å². The van der Waals surface area contributed by atoms with Crippen LogP contribution in [0.25, 0.3) is 0 Å². The highest BCUT2D eigenvalue weighted by Crippen LogP contribution is 2.27. The molecule has 0 atom stereocenters. The number of hydrogen-bond donors (Lipinski definition) is 0. The minimum absolute atomic E-state index is 0.267. The highest BCUT2D eigenvalue weighted by atomic mass is 19.4. The first kappa shape index (κ1) is 12.5. The third kappa shape index (κ3) is 3.26. The molecule has 3 nitrogen and oxygen atoms in total. The summed E-state index contributed by atoms with van der Waals surface area (Å²) < 4.78 is 43.4. The van der Waals surface area contributed by atoms with E-state index in [0.29, 0.717) is 5.75 Å². The molecular formula is C12H11F3N2O. The summed E-state index contributed by atoms with van der Waals surface area (Å²) in [6.45, 7) is 0.536. The lowest BCUT2D eigenvalue weighted by atomic mass is 10.3. The monoisotopic (exact) mass is 256 g/mol. The molecule has 0 radical (unpaired) electrons. The number of rotatable bonds is 4. The molecule has 0 aliphatic heterocycles. The molecule has 0 bridgehead atoms. The van der Waals surface area contributed by atoms with Crippen molar-refractivity contribution in [1.29, 1.82) is 0 Å². The van der Waals surface area contributed by atoms with Crippen LogP contribution in [0.1, 0.15) is 5.69 Å². The van der Waals surface area contributed by atoms with Crippen LogP contribution < -0.4 is 4.74 Å². The Balaban J connectivity index is 1.86. The van der Waals surface area contributed by atoms with Gasteiger partial charge in [-0.2, -0.15) is 18.3 Å². The van der Waals surface area contributed by atoms with Gasteiger partial charge in [-0.05, 0) is 18.2 Å². The summed E-state index contributed by atoms with van der Waals surface area (Å²) in [7, 11) is 0. The molecule has 0 unspecified atom stereocenters. The van der Waals surface area contributed by atoms with Gasteiger partial charge in [0.25, 0.3) is 0 Å². The van der Waals surface area contributed by atoms with E-state index in [1.807, 2.05) is 18.2 Å². The van der Waals surface area contributed by atoms with Gasteiger partial charge in [-0.15, -0.1) is 0 Å². The molecule has 6 heteroatoms. The van der Waals surface area contributed by atoms with E-state index in [-0.39, 0.29) is 13.2 Å². The van der Waals surface area contributed by atoms with E-state index in [0.717, 1.165) is 6.07 Å². The van der Waals surface area contributed by atoms with Crippen LogP contribution in [-0.2, 0) is 12.7 Å². The van der Waals surface area contributed by atoms with Gasteiger partial charge >= 0.3 is 6.18 Å². The molecule has 0 amide bonds. The highest BCUT2D eigenvalue weighted by molar-refractivity contribution is 5.20. The fraction of sp³-hybridized carbons (Fsp3) is 0.250. The summed E-state index contributed by atoms with van der Waals surface area (Å²) in [5, 5.41) is 3.42.